The summed E-state index contributed by atoms with van der Waals surface area (Å²) in [5, 5.41) is 8.96. The van der Waals surface area contributed by atoms with Crippen LogP contribution in [-0.4, -0.2) is 31.3 Å². The maximum atomic E-state index is 12.4. The number of aromatic carboxylic acids is 1. The molecule has 2 N–H and O–H groups in total. The van der Waals surface area contributed by atoms with Gasteiger partial charge in [-0.25, -0.2) is 13.2 Å². The standard InChI is InChI=1S/C17H14N2O6S/c20-15-8-9-16(21)19(15)13-4-6-14(7-5-13)26(24,25)18-12-3-1-2-11(10-12)17(22)23/h1-7,10,18H,8-9H2,(H,22,23). The number of nitrogens with zero attached hydrogens (tertiary/aromatic N) is 1. The Balaban J connectivity index is 1.84. The molecule has 2 aromatic carbocycles. The molecular weight excluding hydrogens is 360 g/mol. The van der Waals surface area contributed by atoms with Crippen LogP contribution >= 0.6 is 0 Å². The first-order chi connectivity index (χ1) is 12.3. The van der Waals surface area contributed by atoms with Gasteiger partial charge in [0.05, 0.1) is 16.1 Å². The quantitative estimate of drug-likeness (QED) is 0.771. The lowest BCUT2D eigenvalue weighted by atomic mass is 10.2. The number of benzene rings is 2. The van der Waals surface area contributed by atoms with Crippen LogP contribution in [0.15, 0.2) is 53.4 Å². The van der Waals surface area contributed by atoms with E-state index in [1.54, 1.807) is 0 Å². The highest BCUT2D eigenvalue weighted by molar-refractivity contribution is 7.92. The van der Waals surface area contributed by atoms with Gasteiger partial charge in [-0.05, 0) is 42.5 Å². The Morgan fingerprint density at radius 3 is 2.19 bits per heavy atom. The van der Waals surface area contributed by atoms with Crippen molar-refractivity contribution in [2.45, 2.75) is 17.7 Å². The first-order valence-electron chi connectivity index (χ1n) is 7.60. The average molecular weight is 374 g/mol. The summed E-state index contributed by atoms with van der Waals surface area (Å²) >= 11 is 0. The number of carbonyl (C=O) groups is 3. The fourth-order valence-electron chi connectivity index (χ4n) is 2.57. The van der Waals surface area contributed by atoms with Gasteiger partial charge in [0.25, 0.3) is 10.0 Å². The zero-order chi connectivity index (χ0) is 18.9. The van der Waals surface area contributed by atoms with Gasteiger partial charge in [-0.3, -0.25) is 19.2 Å². The Morgan fingerprint density at radius 1 is 1.00 bits per heavy atom. The van der Waals surface area contributed by atoms with E-state index in [0.717, 1.165) is 4.90 Å². The first-order valence-corrected chi connectivity index (χ1v) is 9.08. The van der Waals surface area contributed by atoms with E-state index in [9.17, 15) is 22.8 Å². The molecule has 0 atom stereocenters. The summed E-state index contributed by atoms with van der Waals surface area (Å²) in [5.41, 5.74) is 0.370. The number of sulfonamides is 1. The summed E-state index contributed by atoms with van der Waals surface area (Å²) in [6.07, 6.45) is 0.278. The summed E-state index contributed by atoms with van der Waals surface area (Å²) in [7, 11) is -3.95. The third-order valence-corrected chi connectivity index (χ3v) is 5.22. The number of carbonyl (C=O) groups excluding carboxylic acids is 2. The molecule has 2 aromatic rings. The monoisotopic (exact) mass is 374 g/mol. The third-order valence-electron chi connectivity index (χ3n) is 3.82. The van der Waals surface area contributed by atoms with Gasteiger partial charge in [-0.1, -0.05) is 6.07 Å². The average Bonchev–Trinajstić information content (AvgIpc) is 2.93. The largest absolute Gasteiger partial charge is 0.478 e. The molecule has 1 aliphatic heterocycles. The Labute approximate surface area is 149 Å². The molecule has 0 aromatic heterocycles. The molecule has 0 spiro atoms. The Morgan fingerprint density at radius 2 is 1.62 bits per heavy atom. The molecule has 0 aliphatic carbocycles. The molecule has 0 bridgehead atoms. The number of nitrogens with one attached hydrogen (secondary N) is 1. The van der Waals surface area contributed by atoms with Crippen molar-refractivity contribution >= 4 is 39.2 Å². The van der Waals surface area contributed by atoms with E-state index in [2.05, 4.69) is 4.72 Å². The van der Waals surface area contributed by atoms with Gasteiger partial charge < -0.3 is 5.11 Å². The zero-order valence-corrected chi connectivity index (χ0v) is 14.2. The van der Waals surface area contributed by atoms with Gasteiger partial charge in [0.15, 0.2) is 0 Å². The van der Waals surface area contributed by atoms with Gasteiger partial charge in [0.2, 0.25) is 11.8 Å². The molecule has 2 amide bonds. The highest BCUT2D eigenvalue weighted by Crippen LogP contribution is 2.25. The molecule has 1 aliphatic rings. The van der Waals surface area contributed by atoms with Crippen LogP contribution in [0.5, 0.6) is 0 Å². The van der Waals surface area contributed by atoms with Gasteiger partial charge >= 0.3 is 5.97 Å². The predicted molar refractivity (Wildman–Crippen MR) is 92.4 cm³/mol. The predicted octanol–water partition coefficient (Wildman–Crippen LogP) is 1.84. The highest BCUT2D eigenvalue weighted by Gasteiger charge is 2.30. The number of anilines is 2. The second-order valence-corrected chi connectivity index (χ2v) is 7.29. The normalized spacial score (nSPS) is 14.5. The molecule has 0 saturated carbocycles. The Kier molecular flexibility index (Phi) is 4.47. The summed E-state index contributed by atoms with van der Waals surface area (Å²) in [5.74, 6) is -1.82. The van der Waals surface area contributed by atoms with Crippen LogP contribution < -0.4 is 9.62 Å². The zero-order valence-electron chi connectivity index (χ0n) is 13.4. The number of carboxylic acid groups (broad SMARTS) is 1. The molecule has 1 saturated heterocycles. The lowest BCUT2D eigenvalue weighted by Gasteiger charge is -2.14. The molecule has 26 heavy (non-hydrogen) atoms. The SMILES string of the molecule is O=C(O)c1cccc(NS(=O)(=O)c2ccc(N3C(=O)CCC3=O)cc2)c1. The Hall–Kier alpha value is -3.20. The number of rotatable bonds is 5. The highest BCUT2D eigenvalue weighted by atomic mass is 32.2. The van der Waals surface area contributed by atoms with Gasteiger partial charge in [-0.2, -0.15) is 0 Å². The number of imide groups is 1. The van der Waals surface area contributed by atoms with E-state index >= 15 is 0 Å². The van der Waals surface area contributed by atoms with Crippen LogP contribution in [-0.2, 0) is 19.6 Å². The van der Waals surface area contributed by atoms with Crippen LogP contribution in [0, 0.1) is 0 Å². The van der Waals surface area contributed by atoms with E-state index in [0.29, 0.717) is 5.69 Å². The lowest BCUT2D eigenvalue weighted by Crippen LogP contribution is -2.28. The van der Waals surface area contributed by atoms with Crippen LogP contribution in [0.4, 0.5) is 11.4 Å². The van der Waals surface area contributed by atoms with Crippen molar-refractivity contribution in [3.63, 3.8) is 0 Å². The van der Waals surface area contributed by atoms with Crippen LogP contribution in [0.25, 0.3) is 0 Å². The molecule has 8 nitrogen and oxygen atoms in total. The number of carboxylic acids is 1. The lowest BCUT2D eigenvalue weighted by molar-refractivity contribution is -0.121. The number of amides is 2. The third kappa shape index (κ3) is 3.42. The summed E-state index contributed by atoms with van der Waals surface area (Å²) in [6, 6.07) is 10.7. The summed E-state index contributed by atoms with van der Waals surface area (Å²) in [6.45, 7) is 0. The second kappa shape index (κ2) is 6.60. The van der Waals surface area contributed by atoms with Crippen molar-refractivity contribution in [2.24, 2.45) is 0 Å². The minimum atomic E-state index is -3.95. The number of hydrogen-bond acceptors (Lipinski definition) is 5. The molecule has 134 valence electrons. The van der Waals surface area contributed by atoms with E-state index in [1.165, 1.54) is 48.5 Å². The molecule has 1 heterocycles. The van der Waals surface area contributed by atoms with Gasteiger partial charge in [0, 0.05) is 18.5 Å². The number of hydrogen-bond donors (Lipinski definition) is 2. The van der Waals surface area contributed by atoms with Crippen molar-refractivity contribution in [1.82, 2.24) is 0 Å². The van der Waals surface area contributed by atoms with Crippen molar-refractivity contribution in [3.8, 4) is 0 Å². The fraction of sp³-hybridized carbons (Fsp3) is 0.118. The van der Waals surface area contributed by atoms with Crippen molar-refractivity contribution < 1.29 is 27.9 Å². The molecule has 9 heteroatoms. The maximum absolute atomic E-state index is 12.4. The molecule has 3 rings (SSSR count). The van der Waals surface area contributed by atoms with E-state index in [-0.39, 0.29) is 40.8 Å². The molecular formula is C17H14N2O6S. The fourth-order valence-corrected chi connectivity index (χ4v) is 3.62. The van der Waals surface area contributed by atoms with Crippen molar-refractivity contribution in [3.05, 3.63) is 54.1 Å². The van der Waals surface area contributed by atoms with Gasteiger partial charge in [0.1, 0.15) is 0 Å². The van der Waals surface area contributed by atoms with E-state index in [1.807, 2.05) is 0 Å². The molecule has 0 unspecified atom stereocenters. The maximum Gasteiger partial charge on any atom is 0.335 e. The van der Waals surface area contributed by atoms with Crippen molar-refractivity contribution in [1.29, 1.82) is 0 Å². The summed E-state index contributed by atoms with van der Waals surface area (Å²) in [4.78, 5) is 35.4. The minimum Gasteiger partial charge on any atom is -0.478 e. The van der Waals surface area contributed by atoms with E-state index < -0.39 is 16.0 Å². The Bertz CT molecular complexity index is 982. The van der Waals surface area contributed by atoms with Crippen LogP contribution in [0.1, 0.15) is 23.2 Å². The topological polar surface area (TPSA) is 121 Å². The van der Waals surface area contributed by atoms with Crippen LogP contribution in [0.3, 0.4) is 0 Å². The second-order valence-electron chi connectivity index (χ2n) is 5.61. The van der Waals surface area contributed by atoms with Crippen LogP contribution in [0.2, 0.25) is 0 Å². The van der Waals surface area contributed by atoms with E-state index in [4.69, 9.17) is 5.11 Å². The minimum absolute atomic E-state index is 0.0494. The molecule has 0 radical (unpaired) electrons. The smallest absolute Gasteiger partial charge is 0.335 e. The summed E-state index contributed by atoms with van der Waals surface area (Å²) < 4.78 is 27.2. The van der Waals surface area contributed by atoms with Crippen molar-refractivity contribution in [2.75, 3.05) is 9.62 Å². The first kappa shape index (κ1) is 17.6. The molecule has 1 fully saturated rings. The van der Waals surface area contributed by atoms with Gasteiger partial charge in [-0.15, -0.1) is 0 Å².